The first kappa shape index (κ1) is 15.2. The van der Waals surface area contributed by atoms with E-state index in [9.17, 15) is 0 Å². The second-order valence-corrected chi connectivity index (χ2v) is 6.06. The fourth-order valence-corrected chi connectivity index (χ4v) is 1.80. The maximum Gasteiger partial charge on any atom is 0.227 e. The van der Waals surface area contributed by atoms with Gasteiger partial charge in [0, 0.05) is 18.2 Å². The van der Waals surface area contributed by atoms with Crippen LogP contribution in [0.2, 0.25) is 0 Å². The number of hydrogen-bond acceptors (Lipinski definition) is 5. The first-order chi connectivity index (χ1) is 9.81. The molecule has 0 fully saturated rings. The third-order valence-corrected chi connectivity index (χ3v) is 3.11. The molecular weight excluding hydrogens is 264 g/mol. The SMILES string of the molecule is CNc1nc(C(C)(C)C)nc(Oc2ccc(C)nc2)c1C. The van der Waals surface area contributed by atoms with Crippen LogP contribution >= 0.6 is 0 Å². The average molecular weight is 286 g/mol. The predicted octanol–water partition coefficient (Wildman–Crippen LogP) is 3.62. The number of hydrogen-bond donors (Lipinski definition) is 1. The number of rotatable bonds is 3. The molecule has 0 unspecified atom stereocenters. The van der Waals surface area contributed by atoms with Gasteiger partial charge in [-0.3, -0.25) is 4.98 Å². The Balaban J connectivity index is 2.44. The molecule has 2 aromatic rings. The van der Waals surface area contributed by atoms with Crippen LogP contribution in [-0.2, 0) is 5.41 Å². The molecule has 1 N–H and O–H groups in total. The van der Waals surface area contributed by atoms with Crippen molar-refractivity contribution in [3.63, 3.8) is 0 Å². The summed E-state index contributed by atoms with van der Waals surface area (Å²) < 4.78 is 5.89. The lowest BCUT2D eigenvalue weighted by molar-refractivity contribution is 0.440. The van der Waals surface area contributed by atoms with Gasteiger partial charge < -0.3 is 10.1 Å². The number of nitrogens with zero attached hydrogens (tertiary/aromatic N) is 3. The highest BCUT2D eigenvalue weighted by Gasteiger charge is 2.21. The van der Waals surface area contributed by atoms with Crippen LogP contribution in [0.4, 0.5) is 5.82 Å². The maximum atomic E-state index is 5.89. The van der Waals surface area contributed by atoms with E-state index in [0.29, 0.717) is 11.6 Å². The highest BCUT2D eigenvalue weighted by Crippen LogP contribution is 2.30. The molecule has 5 heteroatoms. The van der Waals surface area contributed by atoms with Gasteiger partial charge in [0.1, 0.15) is 17.4 Å². The molecular formula is C16H22N4O. The molecule has 0 aliphatic rings. The van der Waals surface area contributed by atoms with Crippen LogP contribution < -0.4 is 10.1 Å². The van der Waals surface area contributed by atoms with Crippen LogP contribution in [0, 0.1) is 13.8 Å². The lowest BCUT2D eigenvalue weighted by Crippen LogP contribution is -2.18. The van der Waals surface area contributed by atoms with Crippen molar-refractivity contribution in [1.82, 2.24) is 15.0 Å². The molecule has 2 aromatic heterocycles. The number of anilines is 1. The summed E-state index contributed by atoms with van der Waals surface area (Å²) in [7, 11) is 1.85. The molecule has 0 saturated carbocycles. The number of ether oxygens (including phenoxy) is 1. The Morgan fingerprint density at radius 2 is 1.81 bits per heavy atom. The van der Waals surface area contributed by atoms with E-state index in [0.717, 1.165) is 22.9 Å². The van der Waals surface area contributed by atoms with Crippen LogP contribution in [0.5, 0.6) is 11.6 Å². The third-order valence-electron chi connectivity index (χ3n) is 3.11. The summed E-state index contributed by atoms with van der Waals surface area (Å²) in [5.74, 6) is 2.76. The topological polar surface area (TPSA) is 59.9 Å². The molecule has 112 valence electrons. The Kier molecular flexibility index (Phi) is 4.11. The van der Waals surface area contributed by atoms with Gasteiger partial charge in [-0.15, -0.1) is 0 Å². The number of nitrogens with one attached hydrogen (secondary N) is 1. The van der Waals surface area contributed by atoms with Crippen LogP contribution in [0.15, 0.2) is 18.3 Å². The first-order valence-corrected chi connectivity index (χ1v) is 6.98. The lowest BCUT2D eigenvalue weighted by Gasteiger charge is -2.20. The van der Waals surface area contributed by atoms with Crippen molar-refractivity contribution < 1.29 is 4.74 Å². The predicted molar refractivity (Wildman–Crippen MR) is 84.1 cm³/mol. The maximum absolute atomic E-state index is 5.89. The molecule has 0 spiro atoms. The Hall–Kier alpha value is -2.17. The van der Waals surface area contributed by atoms with Gasteiger partial charge in [-0.2, -0.15) is 4.98 Å². The monoisotopic (exact) mass is 286 g/mol. The van der Waals surface area contributed by atoms with Crippen molar-refractivity contribution in [2.45, 2.75) is 40.0 Å². The van der Waals surface area contributed by atoms with Crippen LogP contribution in [0.3, 0.4) is 0 Å². The standard InChI is InChI=1S/C16H22N4O/c1-10-7-8-12(9-18-10)21-14-11(2)13(17-6)19-15(20-14)16(3,4)5/h7-9H,1-6H3,(H,17,19,20). The second-order valence-electron chi connectivity index (χ2n) is 6.06. The van der Waals surface area contributed by atoms with Gasteiger partial charge in [-0.25, -0.2) is 4.98 Å². The molecule has 0 atom stereocenters. The second kappa shape index (κ2) is 5.68. The van der Waals surface area contributed by atoms with E-state index in [-0.39, 0.29) is 5.41 Å². The third kappa shape index (κ3) is 3.48. The molecule has 0 saturated heterocycles. The normalized spacial score (nSPS) is 11.3. The molecule has 2 rings (SSSR count). The van der Waals surface area contributed by atoms with E-state index in [2.05, 4.69) is 41.0 Å². The van der Waals surface area contributed by atoms with E-state index in [1.165, 1.54) is 0 Å². The van der Waals surface area contributed by atoms with E-state index in [1.807, 2.05) is 33.0 Å². The van der Waals surface area contributed by atoms with Gasteiger partial charge in [0.25, 0.3) is 0 Å². The summed E-state index contributed by atoms with van der Waals surface area (Å²) >= 11 is 0. The molecule has 0 aromatic carbocycles. The van der Waals surface area contributed by atoms with Crippen molar-refractivity contribution in [3.05, 3.63) is 35.4 Å². The summed E-state index contributed by atoms with van der Waals surface area (Å²) in [6.07, 6.45) is 1.70. The summed E-state index contributed by atoms with van der Waals surface area (Å²) in [5.41, 5.74) is 1.68. The van der Waals surface area contributed by atoms with Gasteiger partial charge in [0.05, 0.1) is 11.8 Å². The zero-order valence-corrected chi connectivity index (χ0v) is 13.5. The first-order valence-electron chi connectivity index (χ1n) is 6.98. The Morgan fingerprint density at radius 3 is 2.33 bits per heavy atom. The smallest absolute Gasteiger partial charge is 0.227 e. The van der Waals surface area contributed by atoms with Crippen molar-refractivity contribution in [3.8, 4) is 11.6 Å². The van der Waals surface area contributed by atoms with Gasteiger partial charge in [0.2, 0.25) is 5.88 Å². The molecule has 0 aliphatic carbocycles. The quantitative estimate of drug-likeness (QED) is 0.933. The zero-order chi connectivity index (χ0) is 15.6. The molecule has 21 heavy (non-hydrogen) atoms. The zero-order valence-electron chi connectivity index (χ0n) is 13.5. The highest BCUT2D eigenvalue weighted by atomic mass is 16.5. The summed E-state index contributed by atoms with van der Waals surface area (Å²) in [5, 5.41) is 3.10. The summed E-state index contributed by atoms with van der Waals surface area (Å²) in [6.45, 7) is 10.1. The largest absolute Gasteiger partial charge is 0.437 e. The van der Waals surface area contributed by atoms with Gasteiger partial charge >= 0.3 is 0 Å². The fourth-order valence-electron chi connectivity index (χ4n) is 1.80. The van der Waals surface area contributed by atoms with E-state index < -0.39 is 0 Å². The highest BCUT2D eigenvalue weighted by molar-refractivity contribution is 5.49. The Morgan fingerprint density at radius 1 is 1.10 bits per heavy atom. The van der Waals surface area contributed by atoms with Crippen molar-refractivity contribution in [2.75, 3.05) is 12.4 Å². The van der Waals surface area contributed by atoms with E-state index >= 15 is 0 Å². The number of aryl methyl sites for hydroxylation is 1. The van der Waals surface area contributed by atoms with Crippen molar-refractivity contribution in [1.29, 1.82) is 0 Å². The Labute approximate surface area is 125 Å². The minimum absolute atomic E-state index is 0.150. The van der Waals surface area contributed by atoms with Crippen molar-refractivity contribution >= 4 is 5.82 Å². The van der Waals surface area contributed by atoms with E-state index in [4.69, 9.17) is 4.74 Å². The van der Waals surface area contributed by atoms with Gasteiger partial charge in [-0.05, 0) is 26.0 Å². The molecule has 5 nitrogen and oxygen atoms in total. The van der Waals surface area contributed by atoms with Crippen LogP contribution in [0.1, 0.15) is 37.9 Å². The van der Waals surface area contributed by atoms with Crippen LogP contribution in [0.25, 0.3) is 0 Å². The van der Waals surface area contributed by atoms with Gasteiger partial charge in [-0.1, -0.05) is 20.8 Å². The van der Waals surface area contributed by atoms with E-state index in [1.54, 1.807) is 6.20 Å². The average Bonchev–Trinajstić information content (AvgIpc) is 2.42. The molecule has 0 aliphatic heterocycles. The summed E-state index contributed by atoms with van der Waals surface area (Å²) in [6, 6.07) is 3.80. The molecule has 0 radical (unpaired) electrons. The minimum Gasteiger partial charge on any atom is -0.437 e. The molecule has 2 heterocycles. The minimum atomic E-state index is -0.150. The van der Waals surface area contributed by atoms with Crippen LogP contribution in [-0.4, -0.2) is 22.0 Å². The Bertz CT molecular complexity index is 630. The number of aromatic nitrogens is 3. The lowest BCUT2D eigenvalue weighted by atomic mass is 9.95. The summed E-state index contributed by atoms with van der Waals surface area (Å²) in [4.78, 5) is 13.4. The van der Waals surface area contributed by atoms with Gasteiger partial charge in [0.15, 0.2) is 0 Å². The molecule has 0 amide bonds. The molecule has 0 bridgehead atoms. The number of pyridine rings is 1. The fraction of sp³-hybridized carbons (Fsp3) is 0.438. The van der Waals surface area contributed by atoms with Crippen molar-refractivity contribution in [2.24, 2.45) is 0 Å².